The predicted molar refractivity (Wildman–Crippen MR) is 109 cm³/mol. The smallest absolute Gasteiger partial charge is 0.306 e. The average Bonchev–Trinajstić information content (AvgIpc) is 2.55. The number of hydrogen-bond donors (Lipinski definition) is 3. The van der Waals surface area contributed by atoms with Crippen molar-refractivity contribution in [1.29, 1.82) is 0 Å². The third kappa shape index (κ3) is 5.52. The van der Waals surface area contributed by atoms with E-state index in [1.54, 1.807) is 0 Å². The van der Waals surface area contributed by atoms with Gasteiger partial charge in [0.15, 0.2) is 0 Å². The van der Waals surface area contributed by atoms with E-state index in [1.165, 1.54) is 11.1 Å². The van der Waals surface area contributed by atoms with Gasteiger partial charge in [0.1, 0.15) is 0 Å². The van der Waals surface area contributed by atoms with Gasteiger partial charge in [0, 0.05) is 26.9 Å². The number of carboxylic acid groups (broad SMARTS) is 1. The molecule has 0 heterocycles. The Bertz CT molecular complexity index is 714. The number of aliphatic carboxylic acids is 1. The molecule has 2 unspecified atom stereocenters. The van der Waals surface area contributed by atoms with Crippen LogP contribution in [0.4, 0.5) is 0 Å². The predicted octanol–water partition coefficient (Wildman–Crippen LogP) is 3.89. The van der Waals surface area contributed by atoms with Crippen LogP contribution in [0.25, 0.3) is 0 Å². The topological polar surface area (TPSA) is 101 Å². The lowest BCUT2D eigenvalue weighted by atomic mass is 9.63. The standard InChI is InChI=1S/C21H32NO4P/c1-20(2)9-10-21(3,4)17-11-14(5-7-16(17)20)12-27(26)13-15(19(24)25)6-8-18(22)23/h5,7,11,15,26H,6,8-10,12-13H2,1-4H3,(H2,22,23)(H,24,25). The van der Waals surface area contributed by atoms with Crippen molar-refractivity contribution in [3.63, 3.8) is 0 Å². The van der Waals surface area contributed by atoms with Crippen molar-refractivity contribution in [3.05, 3.63) is 34.9 Å². The maximum absolute atomic E-state index is 11.4. The van der Waals surface area contributed by atoms with E-state index >= 15 is 0 Å². The second kappa shape index (κ2) is 8.28. The monoisotopic (exact) mass is 393 g/mol. The molecule has 0 saturated carbocycles. The quantitative estimate of drug-likeness (QED) is 0.583. The molecule has 1 aromatic carbocycles. The molecule has 1 aliphatic rings. The molecule has 0 bridgehead atoms. The largest absolute Gasteiger partial charge is 0.481 e. The normalized spacial score (nSPS) is 19.7. The number of benzene rings is 1. The number of carbonyl (C=O) groups excluding carboxylic acids is 1. The van der Waals surface area contributed by atoms with Gasteiger partial charge in [-0.05, 0) is 46.8 Å². The van der Waals surface area contributed by atoms with Crippen molar-refractivity contribution >= 4 is 20.0 Å². The Hall–Kier alpha value is -1.45. The Balaban J connectivity index is 2.13. The van der Waals surface area contributed by atoms with Crippen LogP contribution >= 0.6 is 8.15 Å². The number of primary amides is 1. The third-order valence-corrected chi connectivity index (χ3v) is 7.39. The summed E-state index contributed by atoms with van der Waals surface area (Å²) in [5.74, 6) is -2.23. The van der Waals surface area contributed by atoms with Crippen LogP contribution in [-0.4, -0.2) is 28.0 Å². The second-order valence-electron chi connectivity index (χ2n) is 9.03. The summed E-state index contributed by atoms with van der Waals surface area (Å²) in [6.45, 7) is 9.07. The van der Waals surface area contributed by atoms with Crippen LogP contribution in [0.5, 0.6) is 0 Å². The Morgan fingerprint density at radius 2 is 1.74 bits per heavy atom. The fourth-order valence-electron chi connectivity index (χ4n) is 3.87. The first-order valence-corrected chi connectivity index (χ1v) is 11.2. The summed E-state index contributed by atoms with van der Waals surface area (Å²) < 4.78 is 0. The van der Waals surface area contributed by atoms with E-state index in [-0.39, 0.29) is 29.8 Å². The Labute approximate surface area is 163 Å². The van der Waals surface area contributed by atoms with Crippen LogP contribution in [0.2, 0.25) is 0 Å². The molecule has 27 heavy (non-hydrogen) atoms. The zero-order chi connectivity index (χ0) is 20.4. The molecule has 2 atom stereocenters. The van der Waals surface area contributed by atoms with Gasteiger partial charge >= 0.3 is 5.97 Å². The lowest BCUT2D eigenvalue weighted by Gasteiger charge is -2.42. The van der Waals surface area contributed by atoms with Gasteiger partial charge in [-0.15, -0.1) is 0 Å². The highest BCUT2D eigenvalue weighted by Crippen LogP contribution is 2.47. The third-order valence-electron chi connectivity index (χ3n) is 5.80. The highest BCUT2D eigenvalue weighted by Gasteiger charge is 2.37. The molecular formula is C21H32NO4P. The van der Waals surface area contributed by atoms with E-state index in [0.29, 0.717) is 6.16 Å². The van der Waals surface area contributed by atoms with E-state index in [2.05, 4.69) is 45.9 Å². The van der Waals surface area contributed by atoms with Gasteiger partial charge in [0.25, 0.3) is 0 Å². The summed E-state index contributed by atoms with van der Waals surface area (Å²) in [6, 6.07) is 6.43. The molecule has 150 valence electrons. The first-order valence-electron chi connectivity index (χ1n) is 9.51. The second-order valence-corrected chi connectivity index (χ2v) is 10.7. The Morgan fingerprint density at radius 1 is 1.15 bits per heavy atom. The zero-order valence-electron chi connectivity index (χ0n) is 16.8. The van der Waals surface area contributed by atoms with Gasteiger partial charge in [-0.1, -0.05) is 45.9 Å². The van der Waals surface area contributed by atoms with Crippen LogP contribution < -0.4 is 5.73 Å². The molecule has 0 aliphatic heterocycles. The van der Waals surface area contributed by atoms with Gasteiger partial charge in [0.05, 0.1) is 5.92 Å². The number of carbonyl (C=O) groups is 2. The lowest BCUT2D eigenvalue weighted by molar-refractivity contribution is -0.141. The highest BCUT2D eigenvalue weighted by molar-refractivity contribution is 7.50. The molecule has 0 fully saturated rings. The van der Waals surface area contributed by atoms with E-state index in [9.17, 15) is 19.6 Å². The summed E-state index contributed by atoms with van der Waals surface area (Å²) in [6.07, 6.45) is 3.14. The van der Waals surface area contributed by atoms with E-state index in [1.807, 2.05) is 0 Å². The number of fused-ring (bicyclic) bond motifs is 1. The molecule has 2 rings (SSSR count). The maximum Gasteiger partial charge on any atom is 0.306 e. The van der Waals surface area contributed by atoms with E-state index in [4.69, 9.17) is 5.73 Å². The number of amides is 1. The zero-order valence-corrected chi connectivity index (χ0v) is 17.7. The van der Waals surface area contributed by atoms with Gasteiger partial charge < -0.3 is 15.7 Å². The number of carboxylic acids is 1. The molecule has 0 spiro atoms. The molecule has 0 radical (unpaired) electrons. The average molecular weight is 393 g/mol. The maximum atomic E-state index is 11.4. The minimum absolute atomic E-state index is 0.0300. The first kappa shape index (κ1) is 21.8. The van der Waals surface area contributed by atoms with E-state index < -0.39 is 25.9 Å². The molecule has 1 aliphatic carbocycles. The van der Waals surface area contributed by atoms with E-state index in [0.717, 1.165) is 18.4 Å². The van der Waals surface area contributed by atoms with Gasteiger partial charge in [0.2, 0.25) is 5.91 Å². The molecular weight excluding hydrogens is 361 g/mol. The van der Waals surface area contributed by atoms with Crippen LogP contribution in [0, 0.1) is 5.92 Å². The molecule has 1 aromatic rings. The number of hydrogen-bond acceptors (Lipinski definition) is 3. The van der Waals surface area contributed by atoms with Crippen LogP contribution in [0.1, 0.15) is 70.1 Å². The van der Waals surface area contributed by atoms with Gasteiger partial charge in [-0.3, -0.25) is 9.59 Å². The number of nitrogens with two attached hydrogens (primary N) is 1. The molecule has 5 nitrogen and oxygen atoms in total. The van der Waals surface area contributed by atoms with Crippen molar-refractivity contribution in [3.8, 4) is 0 Å². The highest BCUT2D eigenvalue weighted by atomic mass is 31.1. The van der Waals surface area contributed by atoms with Crippen molar-refractivity contribution < 1.29 is 19.6 Å². The summed E-state index contributed by atoms with van der Waals surface area (Å²) >= 11 is 0. The summed E-state index contributed by atoms with van der Waals surface area (Å²) in [5, 5.41) is 9.33. The minimum Gasteiger partial charge on any atom is -0.481 e. The van der Waals surface area contributed by atoms with Crippen molar-refractivity contribution in [2.24, 2.45) is 11.7 Å². The molecule has 4 N–H and O–H groups in total. The van der Waals surface area contributed by atoms with Crippen molar-refractivity contribution in [1.82, 2.24) is 0 Å². The van der Waals surface area contributed by atoms with Crippen LogP contribution in [-0.2, 0) is 26.6 Å². The minimum atomic E-state index is -1.46. The molecule has 1 amide bonds. The summed E-state index contributed by atoms with van der Waals surface area (Å²) in [4.78, 5) is 32.8. The fourth-order valence-corrected chi connectivity index (χ4v) is 5.47. The summed E-state index contributed by atoms with van der Waals surface area (Å²) in [7, 11) is -1.46. The lowest BCUT2D eigenvalue weighted by Crippen LogP contribution is -2.33. The van der Waals surface area contributed by atoms with Gasteiger partial charge in [-0.2, -0.15) is 0 Å². The Kier molecular flexibility index (Phi) is 6.70. The first-order chi connectivity index (χ1) is 12.4. The molecule has 6 heteroatoms. The van der Waals surface area contributed by atoms with Crippen molar-refractivity contribution in [2.45, 2.75) is 70.4 Å². The fraction of sp³-hybridized carbons (Fsp3) is 0.619. The Morgan fingerprint density at radius 3 is 2.30 bits per heavy atom. The van der Waals surface area contributed by atoms with Gasteiger partial charge in [-0.25, -0.2) is 0 Å². The van der Waals surface area contributed by atoms with Crippen LogP contribution in [0.3, 0.4) is 0 Å². The van der Waals surface area contributed by atoms with Crippen LogP contribution in [0.15, 0.2) is 18.2 Å². The summed E-state index contributed by atoms with van der Waals surface area (Å²) in [5.41, 5.74) is 9.12. The molecule has 0 aromatic heterocycles. The molecule has 0 saturated heterocycles. The van der Waals surface area contributed by atoms with Crippen molar-refractivity contribution in [2.75, 3.05) is 6.16 Å². The number of rotatable bonds is 8. The SMILES string of the molecule is CC1(C)CCC(C)(C)c2cc(CP(O)CC(CCC(N)=O)C(=O)O)ccc21.